The van der Waals surface area contributed by atoms with Crippen molar-refractivity contribution in [1.82, 2.24) is 4.90 Å². The van der Waals surface area contributed by atoms with E-state index in [1.165, 1.54) is 17.0 Å². The first-order valence-corrected chi connectivity index (χ1v) is 4.12. The minimum absolute atomic E-state index is 0.312. The molecule has 0 bridgehead atoms. The third-order valence-electron chi connectivity index (χ3n) is 1.61. The Morgan fingerprint density at radius 1 is 1.62 bits per heavy atom. The van der Waals surface area contributed by atoms with Crippen LogP contribution in [0.15, 0.2) is 24.3 Å². The Morgan fingerprint density at radius 3 is 2.85 bits per heavy atom. The molecule has 0 aliphatic heterocycles. The smallest absolute Gasteiger partial charge is 0.316 e. The number of carbonyl (C=O) groups excluding carboxylic acids is 1. The van der Waals surface area contributed by atoms with E-state index in [-0.39, 0.29) is 5.82 Å². The van der Waals surface area contributed by atoms with Gasteiger partial charge in [0, 0.05) is 13.6 Å². The standard InChI is InChI=1S/C9H9ClFNO/c1-12(9(10)13)6-7-3-2-4-8(11)5-7/h2-5H,6H2,1H3. The zero-order valence-corrected chi connectivity index (χ0v) is 7.88. The molecule has 0 heterocycles. The van der Waals surface area contributed by atoms with Crippen LogP contribution in [0.5, 0.6) is 0 Å². The van der Waals surface area contributed by atoms with Crippen molar-refractivity contribution in [2.45, 2.75) is 6.54 Å². The number of carbonyl (C=O) groups is 1. The summed E-state index contributed by atoms with van der Waals surface area (Å²) in [4.78, 5) is 11.9. The first-order chi connectivity index (χ1) is 6.09. The van der Waals surface area contributed by atoms with Crippen LogP contribution < -0.4 is 0 Å². The molecule has 1 amide bonds. The summed E-state index contributed by atoms with van der Waals surface area (Å²) in [5.74, 6) is -0.312. The molecule has 0 fully saturated rings. The summed E-state index contributed by atoms with van der Waals surface area (Å²) >= 11 is 5.21. The first kappa shape index (κ1) is 9.99. The van der Waals surface area contributed by atoms with Crippen molar-refractivity contribution in [1.29, 1.82) is 0 Å². The van der Waals surface area contributed by atoms with Gasteiger partial charge < -0.3 is 4.90 Å². The minimum atomic E-state index is -0.552. The Balaban J connectivity index is 2.69. The van der Waals surface area contributed by atoms with Crippen LogP contribution in [-0.4, -0.2) is 17.3 Å². The lowest BCUT2D eigenvalue weighted by molar-refractivity contribution is 0.230. The summed E-state index contributed by atoms with van der Waals surface area (Å²) < 4.78 is 12.7. The maximum atomic E-state index is 12.7. The van der Waals surface area contributed by atoms with Crippen LogP contribution in [0.25, 0.3) is 0 Å². The van der Waals surface area contributed by atoms with E-state index in [0.717, 1.165) is 5.56 Å². The number of hydrogen-bond donors (Lipinski definition) is 0. The second kappa shape index (κ2) is 4.23. The van der Waals surface area contributed by atoms with Crippen LogP contribution in [0.1, 0.15) is 5.56 Å². The predicted octanol–water partition coefficient (Wildman–Crippen LogP) is 2.62. The van der Waals surface area contributed by atoms with E-state index < -0.39 is 5.37 Å². The third-order valence-corrected chi connectivity index (χ3v) is 1.90. The van der Waals surface area contributed by atoms with Crippen LogP contribution in [0.2, 0.25) is 0 Å². The average Bonchev–Trinajstić information content (AvgIpc) is 2.04. The van der Waals surface area contributed by atoms with Crippen molar-refractivity contribution in [2.75, 3.05) is 7.05 Å². The molecule has 0 radical (unpaired) electrons. The molecule has 0 N–H and O–H groups in total. The fourth-order valence-corrected chi connectivity index (χ4v) is 1.03. The fourth-order valence-electron chi connectivity index (χ4n) is 0.971. The molecule has 0 saturated carbocycles. The highest BCUT2D eigenvalue weighted by molar-refractivity contribution is 6.62. The van der Waals surface area contributed by atoms with E-state index in [4.69, 9.17) is 11.6 Å². The summed E-state index contributed by atoms with van der Waals surface area (Å²) in [6.45, 7) is 0.320. The van der Waals surface area contributed by atoms with Gasteiger partial charge >= 0.3 is 5.37 Å². The summed E-state index contributed by atoms with van der Waals surface area (Å²) in [5.41, 5.74) is 0.719. The zero-order valence-electron chi connectivity index (χ0n) is 7.13. The largest absolute Gasteiger partial charge is 0.328 e. The van der Waals surface area contributed by atoms with Crippen LogP contribution in [0, 0.1) is 5.82 Å². The first-order valence-electron chi connectivity index (χ1n) is 3.74. The topological polar surface area (TPSA) is 20.3 Å². The van der Waals surface area contributed by atoms with E-state index in [1.807, 2.05) is 0 Å². The number of amides is 1. The lowest BCUT2D eigenvalue weighted by Gasteiger charge is -2.12. The Bertz CT molecular complexity index is 316. The molecule has 1 aromatic rings. The van der Waals surface area contributed by atoms with Gasteiger partial charge in [0.1, 0.15) is 5.82 Å². The van der Waals surface area contributed by atoms with Crippen molar-refractivity contribution >= 4 is 17.0 Å². The second-order valence-electron chi connectivity index (χ2n) is 2.74. The van der Waals surface area contributed by atoms with Crippen molar-refractivity contribution in [3.05, 3.63) is 35.6 Å². The second-order valence-corrected chi connectivity index (χ2v) is 3.06. The molecule has 0 aromatic heterocycles. The average molecular weight is 202 g/mol. The van der Waals surface area contributed by atoms with E-state index in [0.29, 0.717) is 6.54 Å². The van der Waals surface area contributed by atoms with Crippen molar-refractivity contribution < 1.29 is 9.18 Å². The highest BCUT2D eigenvalue weighted by Gasteiger charge is 2.05. The summed E-state index contributed by atoms with van der Waals surface area (Å²) in [6.07, 6.45) is 0. The van der Waals surface area contributed by atoms with Gasteiger partial charge in [0.2, 0.25) is 0 Å². The number of halogens is 2. The third kappa shape index (κ3) is 3.03. The molecule has 0 unspecified atom stereocenters. The molecule has 4 heteroatoms. The highest BCUT2D eigenvalue weighted by atomic mass is 35.5. The van der Waals surface area contributed by atoms with Gasteiger partial charge in [-0.25, -0.2) is 4.39 Å². The Kier molecular flexibility index (Phi) is 3.25. The van der Waals surface area contributed by atoms with Gasteiger partial charge in [-0.05, 0) is 29.3 Å². The number of rotatable bonds is 2. The van der Waals surface area contributed by atoms with Crippen LogP contribution in [0.4, 0.5) is 9.18 Å². The maximum absolute atomic E-state index is 12.7. The summed E-state index contributed by atoms with van der Waals surface area (Å²) in [6, 6.07) is 6.05. The maximum Gasteiger partial charge on any atom is 0.316 e. The van der Waals surface area contributed by atoms with Crippen LogP contribution in [0.3, 0.4) is 0 Å². The number of nitrogens with zero attached hydrogens (tertiary/aromatic N) is 1. The fraction of sp³-hybridized carbons (Fsp3) is 0.222. The molecule has 1 rings (SSSR count). The molecule has 2 nitrogen and oxygen atoms in total. The van der Waals surface area contributed by atoms with Crippen molar-refractivity contribution in [3.63, 3.8) is 0 Å². The van der Waals surface area contributed by atoms with Gasteiger partial charge in [-0.15, -0.1) is 0 Å². The quantitative estimate of drug-likeness (QED) is 0.532. The molecular weight excluding hydrogens is 193 g/mol. The monoisotopic (exact) mass is 201 g/mol. The zero-order chi connectivity index (χ0) is 9.84. The molecule has 0 atom stereocenters. The molecular formula is C9H9ClFNO. The lowest BCUT2D eigenvalue weighted by atomic mass is 10.2. The van der Waals surface area contributed by atoms with Gasteiger partial charge in [0.05, 0.1) is 0 Å². The van der Waals surface area contributed by atoms with Crippen LogP contribution >= 0.6 is 11.6 Å². The number of hydrogen-bond acceptors (Lipinski definition) is 1. The van der Waals surface area contributed by atoms with Gasteiger partial charge in [-0.3, -0.25) is 4.79 Å². The van der Waals surface area contributed by atoms with Crippen molar-refractivity contribution in [2.24, 2.45) is 0 Å². The number of benzene rings is 1. The molecule has 0 spiro atoms. The normalized spacial score (nSPS) is 9.77. The summed E-state index contributed by atoms with van der Waals surface area (Å²) in [7, 11) is 1.56. The molecule has 0 aliphatic rings. The lowest BCUT2D eigenvalue weighted by Crippen LogP contribution is -2.19. The summed E-state index contributed by atoms with van der Waals surface area (Å²) in [5, 5.41) is -0.552. The highest BCUT2D eigenvalue weighted by Crippen LogP contribution is 2.07. The van der Waals surface area contributed by atoms with E-state index in [2.05, 4.69) is 0 Å². The Labute approximate surface area is 80.9 Å². The van der Waals surface area contributed by atoms with E-state index in [1.54, 1.807) is 19.2 Å². The predicted molar refractivity (Wildman–Crippen MR) is 49.1 cm³/mol. The van der Waals surface area contributed by atoms with Gasteiger partial charge in [0.25, 0.3) is 0 Å². The minimum Gasteiger partial charge on any atom is -0.328 e. The van der Waals surface area contributed by atoms with Crippen molar-refractivity contribution in [3.8, 4) is 0 Å². The molecule has 1 aromatic carbocycles. The Morgan fingerprint density at radius 2 is 2.31 bits per heavy atom. The van der Waals surface area contributed by atoms with Gasteiger partial charge in [0.15, 0.2) is 0 Å². The molecule has 0 aliphatic carbocycles. The molecule has 0 saturated heterocycles. The van der Waals surface area contributed by atoms with Gasteiger partial charge in [-0.2, -0.15) is 0 Å². The SMILES string of the molecule is CN(Cc1cccc(F)c1)C(=O)Cl. The Hall–Kier alpha value is -1.09. The van der Waals surface area contributed by atoms with E-state index >= 15 is 0 Å². The van der Waals surface area contributed by atoms with Gasteiger partial charge in [-0.1, -0.05) is 12.1 Å². The molecule has 13 heavy (non-hydrogen) atoms. The van der Waals surface area contributed by atoms with E-state index in [9.17, 15) is 9.18 Å². The molecule has 70 valence electrons. The van der Waals surface area contributed by atoms with Crippen LogP contribution in [-0.2, 0) is 6.54 Å².